The van der Waals surface area contributed by atoms with Gasteiger partial charge < -0.3 is 5.32 Å². The molecular weight excluding hydrogens is 531 g/mol. The summed E-state index contributed by atoms with van der Waals surface area (Å²) in [7, 11) is -1.74. The molecule has 3 heterocycles. The normalized spacial score (nSPS) is 19.4. The highest BCUT2D eigenvalue weighted by Gasteiger charge is 2.33. The smallest absolute Gasteiger partial charge is 0.349 e. The summed E-state index contributed by atoms with van der Waals surface area (Å²) in [5, 5.41) is 3.62. The number of hydrogen-bond acceptors (Lipinski definition) is 6. The van der Waals surface area contributed by atoms with Crippen LogP contribution in [0.1, 0.15) is 72.5 Å². The van der Waals surface area contributed by atoms with E-state index in [-0.39, 0.29) is 23.2 Å². The Hall–Kier alpha value is -3.25. The topological polar surface area (TPSA) is 97.2 Å². The van der Waals surface area contributed by atoms with Crippen LogP contribution in [0.3, 0.4) is 0 Å². The molecule has 2 aromatic heterocycles. The van der Waals surface area contributed by atoms with Gasteiger partial charge in [-0.1, -0.05) is 30.7 Å². The summed E-state index contributed by atoms with van der Waals surface area (Å²) in [4.78, 5) is 22.1. The first-order valence-electron chi connectivity index (χ1n) is 12.8. The summed E-state index contributed by atoms with van der Waals surface area (Å²) >= 11 is 0. The number of aromatic nitrogens is 3. The number of alkyl halides is 2. The Morgan fingerprint density at radius 1 is 1.15 bits per heavy atom. The van der Waals surface area contributed by atoms with Crippen LogP contribution in [-0.4, -0.2) is 46.6 Å². The fraction of sp³-hybridized carbons (Fsp3) is 0.444. The average molecular weight is 562 g/mol. The molecular formula is C27H30F3N5O3S. The van der Waals surface area contributed by atoms with Gasteiger partial charge >= 0.3 is 5.69 Å². The van der Waals surface area contributed by atoms with Gasteiger partial charge in [-0.25, -0.2) is 30.7 Å². The van der Waals surface area contributed by atoms with Crippen LogP contribution in [0, 0.1) is 5.82 Å². The summed E-state index contributed by atoms with van der Waals surface area (Å²) in [6, 6.07) is 4.60. The largest absolute Gasteiger partial charge is 0.359 e. The molecule has 12 heteroatoms. The molecule has 1 saturated carbocycles. The molecule has 1 aromatic carbocycles. The number of sulfonamides is 1. The first-order valence-corrected chi connectivity index (χ1v) is 14.7. The first-order chi connectivity index (χ1) is 18.5. The molecule has 0 bridgehead atoms. The summed E-state index contributed by atoms with van der Waals surface area (Å²) in [6.45, 7) is 4.43. The van der Waals surface area contributed by atoms with E-state index in [0.717, 1.165) is 31.0 Å². The standard InChI is InChI=1S/C27H30F3N5O3S/c1-4-20(17-9-6-10-18(22(17)28)25(29)30)32-26-19-13-21(16-11-12-35(14-16)39(3,37)38)31-23(15-7-5-8-15)24(19)34(2)27(36)33-26/h4,6,9-10,13,15-16,20,25H,1,5,7-8,11-12,14H2,2-3H3,(H,32,33,36)/t16?,20-/m1/s1. The maximum absolute atomic E-state index is 15.0. The van der Waals surface area contributed by atoms with Crippen LogP contribution in [0.5, 0.6) is 0 Å². The molecule has 1 N–H and O–H groups in total. The van der Waals surface area contributed by atoms with Gasteiger partial charge in [-0.05, 0) is 25.3 Å². The van der Waals surface area contributed by atoms with Crippen molar-refractivity contribution in [1.29, 1.82) is 0 Å². The third kappa shape index (κ3) is 5.07. The number of anilines is 1. The molecule has 0 spiro atoms. The van der Waals surface area contributed by atoms with Gasteiger partial charge in [0.05, 0.1) is 29.1 Å². The lowest BCUT2D eigenvalue weighted by Crippen LogP contribution is -2.28. The highest BCUT2D eigenvalue weighted by molar-refractivity contribution is 7.88. The number of rotatable bonds is 8. The van der Waals surface area contributed by atoms with E-state index < -0.39 is 39.6 Å². The van der Waals surface area contributed by atoms with Crippen LogP contribution in [-0.2, 0) is 17.1 Å². The van der Waals surface area contributed by atoms with Gasteiger partial charge in [-0.2, -0.15) is 4.98 Å². The maximum Gasteiger partial charge on any atom is 0.349 e. The minimum Gasteiger partial charge on any atom is -0.359 e. The lowest BCUT2D eigenvalue weighted by Gasteiger charge is -2.28. The summed E-state index contributed by atoms with van der Waals surface area (Å²) in [5.41, 5.74) is 0.713. The molecule has 1 saturated heterocycles. The molecule has 0 amide bonds. The Morgan fingerprint density at radius 3 is 2.46 bits per heavy atom. The number of aryl methyl sites for hydroxylation is 1. The minimum absolute atomic E-state index is 0.0495. The summed E-state index contributed by atoms with van der Waals surface area (Å²) < 4.78 is 68.9. The molecule has 1 unspecified atom stereocenters. The maximum atomic E-state index is 15.0. The molecule has 3 aromatic rings. The average Bonchev–Trinajstić information content (AvgIpc) is 3.35. The number of nitrogens with zero attached hydrogens (tertiary/aromatic N) is 4. The van der Waals surface area contributed by atoms with Crippen molar-refractivity contribution in [3.8, 4) is 0 Å². The Bertz CT molecular complexity index is 1600. The zero-order valence-corrected chi connectivity index (χ0v) is 22.5. The second-order valence-electron chi connectivity index (χ2n) is 10.3. The number of pyridine rings is 1. The van der Waals surface area contributed by atoms with E-state index in [1.807, 2.05) is 0 Å². The van der Waals surface area contributed by atoms with Crippen molar-refractivity contribution in [2.75, 3.05) is 24.7 Å². The van der Waals surface area contributed by atoms with E-state index in [2.05, 4.69) is 16.9 Å². The SMILES string of the molecule is C=C[C@@H](Nc1nc(=O)n(C)c2c(C3CCC3)nc(C3CCN(S(C)(=O)=O)C3)cc12)c1cccc(C(F)F)c1F. The number of fused-ring (bicyclic) bond motifs is 1. The Balaban J connectivity index is 1.65. The van der Waals surface area contributed by atoms with Crippen molar-refractivity contribution in [3.63, 3.8) is 0 Å². The van der Waals surface area contributed by atoms with E-state index >= 15 is 4.39 Å². The van der Waals surface area contributed by atoms with E-state index in [0.29, 0.717) is 36.1 Å². The molecule has 1 aliphatic heterocycles. The minimum atomic E-state index is -3.35. The Labute approximate surface area is 224 Å². The lowest BCUT2D eigenvalue weighted by atomic mass is 9.81. The highest BCUT2D eigenvalue weighted by Crippen LogP contribution is 2.41. The van der Waals surface area contributed by atoms with Gasteiger partial charge in [-0.3, -0.25) is 9.55 Å². The number of halogens is 3. The zero-order valence-electron chi connectivity index (χ0n) is 21.7. The molecule has 39 heavy (non-hydrogen) atoms. The first kappa shape index (κ1) is 27.3. The molecule has 8 nitrogen and oxygen atoms in total. The van der Waals surface area contributed by atoms with Crippen LogP contribution in [0.4, 0.5) is 19.0 Å². The van der Waals surface area contributed by atoms with Crippen molar-refractivity contribution in [2.24, 2.45) is 7.05 Å². The summed E-state index contributed by atoms with van der Waals surface area (Å²) in [5.74, 6) is -0.913. The third-order valence-electron chi connectivity index (χ3n) is 7.81. The molecule has 208 valence electrons. The Kier molecular flexibility index (Phi) is 7.27. The predicted octanol–water partition coefficient (Wildman–Crippen LogP) is 4.76. The van der Waals surface area contributed by atoms with Gasteiger partial charge in [0.1, 0.15) is 11.6 Å². The second kappa shape index (κ2) is 10.4. The van der Waals surface area contributed by atoms with Crippen LogP contribution in [0.25, 0.3) is 10.9 Å². The fourth-order valence-electron chi connectivity index (χ4n) is 5.38. The zero-order chi connectivity index (χ0) is 28.1. The molecule has 0 radical (unpaired) electrons. The van der Waals surface area contributed by atoms with Gasteiger partial charge in [0.2, 0.25) is 10.0 Å². The van der Waals surface area contributed by atoms with E-state index in [1.54, 1.807) is 13.1 Å². The van der Waals surface area contributed by atoms with Gasteiger partial charge in [-0.15, -0.1) is 6.58 Å². The van der Waals surface area contributed by atoms with Crippen molar-refractivity contribution >= 4 is 26.7 Å². The number of benzene rings is 1. The second-order valence-corrected chi connectivity index (χ2v) is 12.3. The van der Waals surface area contributed by atoms with E-state index in [4.69, 9.17) is 4.98 Å². The Morgan fingerprint density at radius 2 is 1.87 bits per heavy atom. The summed E-state index contributed by atoms with van der Waals surface area (Å²) in [6.07, 6.45) is 3.01. The fourth-order valence-corrected chi connectivity index (χ4v) is 6.27. The van der Waals surface area contributed by atoms with Gasteiger partial charge in [0.25, 0.3) is 6.43 Å². The highest BCUT2D eigenvalue weighted by atomic mass is 32.2. The van der Waals surface area contributed by atoms with Crippen molar-refractivity contribution in [3.05, 3.63) is 75.7 Å². The number of nitrogens with one attached hydrogen (secondary N) is 1. The van der Waals surface area contributed by atoms with Crippen molar-refractivity contribution < 1.29 is 21.6 Å². The molecule has 2 fully saturated rings. The third-order valence-corrected chi connectivity index (χ3v) is 9.08. The molecule has 2 aliphatic rings. The van der Waals surface area contributed by atoms with E-state index in [9.17, 15) is 22.0 Å². The molecule has 5 rings (SSSR count). The van der Waals surface area contributed by atoms with E-state index in [1.165, 1.54) is 33.3 Å². The van der Waals surface area contributed by atoms with Crippen molar-refractivity contribution in [2.45, 2.75) is 50.0 Å². The molecule has 1 aliphatic carbocycles. The van der Waals surface area contributed by atoms with Crippen LogP contribution in [0.2, 0.25) is 0 Å². The van der Waals surface area contributed by atoms with Gasteiger partial charge in [0, 0.05) is 48.6 Å². The van der Waals surface area contributed by atoms with Crippen LogP contribution in [0.15, 0.2) is 41.7 Å². The number of hydrogen-bond donors (Lipinski definition) is 1. The van der Waals surface area contributed by atoms with Crippen molar-refractivity contribution in [1.82, 2.24) is 18.8 Å². The van der Waals surface area contributed by atoms with Crippen LogP contribution < -0.4 is 11.0 Å². The lowest BCUT2D eigenvalue weighted by molar-refractivity contribution is 0.146. The van der Waals surface area contributed by atoms with Gasteiger partial charge in [0.15, 0.2) is 0 Å². The molecule has 2 atom stereocenters. The predicted molar refractivity (Wildman–Crippen MR) is 143 cm³/mol. The van der Waals surface area contributed by atoms with Crippen LogP contribution >= 0.6 is 0 Å². The quantitative estimate of drug-likeness (QED) is 0.399. The monoisotopic (exact) mass is 561 g/mol.